The van der Waals surface area contributed by atoms with Gasteiger partial charge in [0, 0.05) is 10.4 Å². The third-order valence-electron chi connectivity index (χ3n) is 4.22. The molecular formula is C22H18O5S. The molecule has 0 N–H and O–H groups in total. The number of fused-ring (bicyclic) bond motifs is 1. The van der Waals surface area contributed by atoms with E-state index in [-0.39, 0.29) is 12.6 Å². The van der Waals surface area contributed by atoms with Crippen LogP contribution in [-0.2, 0) is 6.61 Å². The molecule has 1 aliphatic rings. The molecule has 5 nitrogen and oxygen atoms in total. The van der Waals surface area contributed by atoms with Crippen molar-refractivity contribution in [2.45, 2.75) is 6.61 Å². The van der Waals surface area contributed by atoms with E-state index in [2.05, 4.69) is 0 Å². The largest absolute Gasteiger partial charge is 0.493 e. The van der Waals surface area contributed by atoms with Gasteiger partial charge in [-0.3, -0.25) is 4.79 Å². The molecule has 0 unspecified atom stereocenters. The number of hydrogen-bond donors (Lipinski definition) is 0. The molecule has 3 aromatic rings. The third kappa shape index (κ3) is 4.02. The number of allylic oxidation sites excluding steroid dienone is 1. The first-order valence-electron chi connectivity index (χ1n) is 8.68. The number of rotatable bonds is 7. The number of carbonyl (C=O) groups is 1. The monoisotopic (exact) mass is 394 g/mol. The van der Waals surface area contributed by atoms with Crippen molar-refractivity contribution in [1.82, 2.24) is 0 Å². The van der Waals surface area contributed by atoms with Gasteiger partial charge in [-0.2, -0.15) is 0 Å². The molecule has 0 saturated carbocycles. The van der Waals surface area contributed by atoms with Crippen molar-refractivity contribution in [3.05, 3.63) is 76.0 Å². The predicted octanol–water partition coefficient (Wildman–Crippen LogP) is 4.96. The molecule has 2 heterocycles. The van der Waals surface area contributed by atoms with Crippen molar-refractivity contribution < 1.29 is 23.7 Å². The lowest BCUT2D eigenvalue weighted by atomic mass is 10.1. The van der Waals surface area contributed by atoms with E-state index >= 15 is 0 Å². The smallest absolute Gasteiger partial charge is 0.231 e. The lowest BCUT2D eigenvalue weighted by Crippen LogP contribution is -1.96. The van der Waals surface area contributed by atoms with Gasteiger partial charge in [-0.05, 0) is 53.4 Å². The van der Waals surface area contributed by atoms with Crippen molar-refractivity contribution >= 4 is 23.2 Å². The fourth-order valence-electron chi connectivity index (χ4n) is 2.77. The van der Waals surface area contributed by atoms with Crippen molar-refractivity contribution in [3.8, 4) is 23.0 Å². The van der Waals surface area contributed by atoms with Gasteiger partial charge in [-0.25, -0.2) is 0 Å². The summed E-state index contributed by atoms with van der Waals surface area (Å²) in [5, 5.41) is 2.01. The normalized spacial score (nSPS) is 12.3. The van der Waals surface area contributed by atoms with Crippen molar-refractivity contribution in [2.75, 3.05) is 13.9 Å². The Kier molecular flexibility index (Phi) is 5.30. The van der Waals surface area contributed by atoms with Crippen LogP contribution < -0.4 is 18.9 Å². The summed E-state index contributed by atoms with van der Waals surface area (Å²) < 4.78 is 21.8. The summed E-state index contributed by atoms with van der Waals surface area (Å²) in [6.07, 6.45) is 3.27. The number of carbonyl (C=O) groups excluding carboxylic acids is 1. The molecule has 1 aliphatic heterocycles. The Morgan fingerprint density at radius 3 is 2.82 bits per heavy atom. The molecule has 6 heteroatoms. The summed E-state index contributed by atoms with van der Waals surface area (Å²) in [7, 11) is 1.60. The van der Waals surface area contributed by atoms with E-state index in [4.69, 9.17) is 18.9 Å². The van der Waals surface area contributed by atoms with Gasteiger partial charge in [0.25, 0.3) is 0 Å². The highest BCUT2D eigenvalue weighted by Gasteiger charge is 2.15. The van der Waals surface area contributed by atoms with Gasteiger partial charge in [-0.15, -0.1) is 11.3 Å². The minimum Gasteiger partial charge on any atom is -0.493 e. The second-order valence-electron chi connectivity index (χ2n) is 6.04. The van der Waals surface area contributed by atoms with E-state index in [9.17, 15) is 4.79 Å². The van der Waals surface area contributed by atoms with Gasteiger partial charge in [-0.1, -0.05) is 18.2 Å². The number of methoxy groups -OCH3 is 1. The first-order valence-corrected chi connectivity index (χ1v) is 9.56. The molecule has 1 aromatic heterocycles. The van der Waals surface area contributed by atoms with Crippen LogP contribution in [0.2, 0.25) is 0 Å². The van der Waals surface area contributed by atoms with Gasteiger partial charge >= 0.3 is 0 Å². The van der Waals surface area contributed by atoms with Crippen LogP contribution in [0.1, 0.15) is 20.8 Å². The number of thiophene rings is 1. The summed E-state index contributed by atoms with van der Waals surface area (Å²) in [4.78, 5) is 13.6. The van der Waals surface area contributed by atoms with Crippen LogP contribution in [0.4, 0.5) is 0 Å². The molecule has 0 spiro atoms. The van der Waals surface area contributed by atoms with E-state index in [0.29, 0.717) is 35.2 Å². The first kappa shape index (κ1) is 18.1. The van der Waals surface area contributed by atoms with E-state index in [1.54, 1.807) is 42.7 Å². The van der Waals surface area contributed by atoms with Crippen LogP contribution in [0.25, 0.3) is 6.08 Å². The van der Waals surface area contributed by atoms with Crippen molar-refractivity contribution in [3.63, 3.8) is 0 Å². The zero-order valence-electron chi connectivity index (χ0n) is 15.2. The number of hydrogen-bond acceptors (Lipinski definition) is 6. The lowest BCUT2D eigenvalue weighted by Gasteiger charge is -2.10. The van der Waals surface area contributed by atoms with Crippen LogP contribution in [0, 0.1) is 0 Å². The zero-order chi connectivity index (χ0) is 19.3. The average Bonchev–Trinajstić information content (AvgIpc) is 3.41. The Hall–Kier alpha value is -3.25. The average molecular weight is 394 g/mol. The number of ketones is 1. The van der Waals surface area contributed by atoms with E-state index < -0.39 is 0 Å². The molecule has 0 amide bonds. The number of ether oxygens (including phenoxy) is 4. The molecule has 0 aliphatic carbocycles. The molecule has 4 rings (SSSR count). The van der Waals surface area contributed by atoms with Gasteiger partial charge in [0.15, 0.2) is 28.8 Å². The van der Waals surface area contributed by atoms with Crippen LogP contribution in [0.15, 0.2) is 60.0 Å². The van der Waals surface area contributed by atoms with Crippen LogP contribution in [-0.4, -0.2) is 19.7 Å². The fraction of sp³-hybridized carbons (Fsp3) is 0.136. The van der Waals surface area contributed by atoms with Crippen molar-refractivity contribution in [1.29, 1.82) is 0 Å². The molecule has 28 heavy (non-hydrogen) atoms. The summed E-state index contributed by atoms with van der Waals surface area (Å²) in [6.45, 7) is 0.676. The zero-order valence-corrected chi connectivity index (χ0v) is 16.0. The SMILES string of the molecule is COc1cc(/C=C/C(=O)c2ccc3c(c2)OCO3)ccc1OCc1cccs1. The Bertz CT molecular complexity index is 1010. The Morgan fingerprint density at radius 2 is 2.00 bits per heavy atom. The summed E-state index contributed by atoms with van der Waals surface area (Å²) in [6, 6.07) is 14.7. The second-order valence-corrected chi connectivity index (χ2v) is 7.08. The summed E-state index contributed by atoms with van der Waals surface area (Å²) >= 11 is 1.64. The molecule has 142 valence electrons. The summed E-state index contributed by atoms with van der Waals surface area (Å²) in [5.41, 5.74) is 1.39. The Balaban J connectivity index is 1.45. The van der Waals surface area contributed by atoms with E-state index in [0.717, 1.165) is 10.4 Å². The minimum atomic E-state index is -0.115. The fourth-order valence-corrected chi connectivity index (χ4v) is 3.38. The molecule has 0 bridgehead atoms. The van der Waals surface area contributed by atoms with E-state index in [1.165, 1.54) is 6.08 Å². The predicted molar refractivity (Wildman–Crippen MR) is 108 cm³/mol. The highest BCUT2D eigenvalue weighted by atomic mass is 32.1. The van der Waals surface area contributed by atoms with Crippen LogP contribution in [0.5, 0.6) is 23.0 Å². The molecule has 0 radical (unpaired) electrons. The standard InChI is InChI=1S/C22H18O5S/c1-24-21-11-15(5-8-19(21)25-13-17-3-2-10-28-17)4-7-18(23)16-6-9-20-22(12-16)27-14-26-20/h2-12H,13-14H2,1H3/b7-4+. The molecular weight excluding hydrogens is 376 g/mol. The minimum absolute atomic E-state index is 0.115. The van der Waals surface area contributed by atoms with Crippen LogP contribution in [0.3, 0.4) is 0 Å². The molecule has 0 atom stereocenters. The molecule has 2 aromatic carbocycles. The Morgan fingerprint density at radius 1 is 1.11 bits per heavy atom. The topological polar surface area (TPSA) is 54.0 Å². The Labute approximate surface area is 166 Å². The van der Waals surface area contributed by atoms with Gasteiger partial charge in [0.1, 0.15) is 6.61 Å². The highest BCUT2D eigenvalue weighted by molar-refractivity contribution is 7.09. The lowest BCUT2D eigenvalue weighted by molar-refractivity contribution is 0.104. The van der Waals surface area contributed by atoms with Gasteiger partial charge in [0.2, 0.25) is 6.79 Å². The van der Waals surface area contributed by atoms with Crippen LogP contribution >= 0.6 is 11.3 Å². The maximum absolute atomic E-state index is 12.4. The highest BCUT2D eigenvalue weighted by Crippen LogP contribution is 2.33. The summed E-state index contributed by atoms with van der Waals surface area (Å²) in [5.74, 6) is 2.41. The first-order chi connectivity index (χ1) is 13.7. The van der Waals surface area contributed by atoms with E-state index in [1.807, 2.05) is 35.7 Å². The van der Waals surface area contributed by atoms with Crippen molar-refractivity contribution in [2.24, 2.45) is 0 Å². The third-order valence-corrected chi connectivity index (χ3v) is 5.07. The quantitative estimate of drug-likeness (QED) is 0.419. The van der Waals surface area contributed by atoms with Gasteiger partial charge < -0.3 is 18.9 Å². The number of benzene rings is 2. The molecule has 0 saturated heterocycles. The maximum atomic E-state index is 12.4. The second kappa shape index (κ2) is 8.19. The maximum Gasteiger partial charge on any atom is 0.231 e. The molecule has 0 fully saturated rings. The van der Waals surface area contributed by atoms with Gasteiger partial charge in [0.05, 0.1) is 7.11 Å².